The van der Waals surface area contributed by atoms with Gasteiger partial charge in [-0.2, -0.15) is 0 Å². The van der Waals surface area contributed by atoms with E-state index in [1.54, 1.807) is 0 Å². The second-order valence-electron chi connectivity index (χ2n) is 9.68. The van der Waals surface area contributed by atoms with Gasteiger partial charge >= 0.3 is 0 Å². The molecule has 2 amide bonds. The minimum absolute atomic E-state index is 0.0209. The smallest absolute Gasteiger partial charge is 0.253 e. The first-order valence-corrected chi connectivity index (χ1v) is 12.2. The van der Waals surface area contributed by atoms with E-state index < -0.39 is 0 Å². The average molecular weight is 412 g/mol. The number of rotatable bonds is 5. The molecule has 5 nitrogen and oxygen atoms in total. The fourth-order valence-electron chi connectivity index (χ4n) is 5.61. The van der Waals surface area contributed by atoms with E-state index in [1.165, 1.54) is 44.9 Å². The predicted octanol–water partition coefficient (Wildman–Crippen LogP) is 4.60. The van der Waals surface area contributed by atoms with Gasteiger partial charge < -0.3 is 10.2 Å². The topological polar surface area (TPSA) is 62.3 Å². The first-order valence-electron chi connectivity index (χ1n) is 12.2. The van der Waals surface area contributed by atoms with Crippen LogP contribution in [0.2, 0.25) is 0 Å². The summed E-state index contributed by atoms with van der Waals surface area (Å²) in [6.45, 7) is 4.35. The van der Waals surface area contributed by atoms with Gasteiger partial charge in [-0.15, -0.1) is 0 Å². The average Bonchev–Trinajstić information content (AvgIpc) is 3.33. The van der Waals surface area contributed by atoms with Crippen molar-refractivity contribution in [3.63, 3.8) is 0 Å². The van der Waals surface area contributed by atoms with Gasteiger partial charge in [-0.25, -0.2) is 0 Å². The summed E-state index contributed by atoms with van der Waals surface area (Å²) in [4.78, 5) is 32.6. The van der Waals surface area contributed by atoms with Gasteiger partial charge in [0, 0.05) is 37.2 Å². The first-order chi connectivity index (χ1) is 14.6. The van der Waals surface area contributed by atoms with Crippen molar-refractivity contribution in [2.45, 2.75) is 83.5 Å². The second-order valence-corrected chi connectivity index (χ2v) is 9.68. The Labute approximate surface area is 181 Å². The standard InChI is InChI=1S/C25H37N3O2/c1-18-11-12-22(24(29)26-17-19-7-3-2-4-8-19)23(27-18)20-13-15-28(16-14-20)25(30)21-9-5-6-10-21/h11-12,19-21H,2-10,13-17H2,1H3,(H,26,29). The van der Waals surface area contributed by atoms with Crippen LogP contribution in [-0.4, -0.2) is 41.3 Å². The number of piperidine rings is 1. The summed E-state index contributed by atoms with van der Waals surface area (Å²) in [5, 5.41) is 3.19. The fourth-order valence-corrected chi connectivity index (χ4v) is 5.61. The molecular weight excluding hydrogens is 374 g/mol. The van der Waals surface area contributed by atoms with Crippen molar-refractivity contribution in [1.82, 2.24) is 15.2 Å². The van der Waals surface area contributed by atoms with Crippen molar-refractivity contribution in [3.05, 3.63) is 29.1 Å². The number of carbonyl (C=O) groups is 2. The molecule has 0 aromatic carbocycles. The Bertz CT molecular complexity index is 743. The molecule has 2 saturated carbocycles. The van der Waals surface area contributed by atoms with Crippen LogP contribution in [0.4, 0.5) is 0 Å². The van der Waals surface area contributed by atoms with E-state index in [2.05, 4.69) is 10.2 Å². The van der Waals surface area contributed by atoms with E-state index in [-0.39, 0.29) is 17.7 Å². The van der Waals surface area contributed by atoms with Crippen LogP contribution in [0.15, 0.2) is 12.1 Å². The number of carbonyl (C=O) groups excluding carboxylic acids is 2. The van der Waals surface area contributed by atoms with Crippen LogP contribution in [0.1, 0.15) is 98.3 Å². The van der Waals surface area contributed by atoms with Gasteiger partial charge in [0.2, 0.25) is 5.91 Å². The highest BCUT2D eigenvalue weighted by atomic mass is 16.2. The first kappa shape index (κ1) is 21.3. The van der Waals surface area contributed by atoms with Crippen molar-refractivity contribution >= 4 is 11.8 Å². The third-order valence-electron chi connectivity index (χ3n) is 7.48. The Morgan fingerprint density at radius 1 is 0.967 bits per heavy atom. The number of likely N-dealkylation sites (tertiary alicyclic amines) is 1. The molecule has 2 aliphatic carbocycles. The van der Waals surface area contributed by atoms with Gasteiger partial charge in [0.05, 0.1) is 11.3 Å². The largest absolute Gasteiger partial charge is 0.352 e. The van der Waals surface area contributed by atoms with Crippen LogP contribution in [0, 0.1) is 18.8 Å². The van der Waals surface area contributed by atoms with E-state index in [1.807, 2.05) is 19.1 Å². The summed E-state index contributed by atoms with van der Waals surface area (Å²) in [5.74, 6) is 1.50. The summed E-state index contributed by atoms with van der Waals surface area (Å²) in [6.07, 6.45) is 12.7. The Balaban J connectivity index is 1.38. The van der Waals surface area contributed by atoms with Gasteiger partial charge in [0.15, 0.2) is 0 Å². The lowest BCUT2D eigenvalue weighted by molar-refractivity contribution is -0.136. The minimum Gasteiger partial charge on any atom is -0.352 e. The Hall–Kier alpha value is -1.91. The monoisotopic (exact) mass is 411 g/mol. The van der Waals surface area contributed by atoms with Crippen molar-refractivity contribution in [3.8, 4) is 0 Å². The molecule has 164 valence electrons. The third-order valence-corrected chi connectivity index (χ3v) is 7.48. The summed E-state index contributed by atoms with van der Waals surface area (Å²) >= 11 is 0. The number of amides is 2. The Morgan fingerprint density at radius 3 is 2.33 bits per heavy atom. The van der Waals surface area contributed by atoms with Crippen molar-refractivity contribution in [2.75, 3.05) is 19.6 Å². The van der Waals surface area contributed by atoms with Gasteiger partial charge in [-0.05, 0) is 63.5 Å². The zero-order chi connectivity index (χ0) is 20.9. The lowest BCUT2D eigenvalue weighted by Gasteiger charge is -2.34. The van der Waals surface area contributed by atoms with E-state index in [0.29, 0.717) is 11.8 Å². The van der Waals surface area contributed by atoms with E-state index >= 15 is 0 Å². The minimum atomic E-state index is 0.0209. The van der Waals surface area contributed by atoms with E-state index in [4.69, 9.17) is 4.98 Å². The third kappa shape index (κ3) is 5.04. The van der Waals surface area contributed by atoms with Crippen LogP contribution in [0.25, 0.3) is 0 Å². The Morgan fingerprint density at radius 2 is 1.63 bits per heavy atom. The summed E-state index contributed by atoms with van der Waals surface area (Å²) in [7, 11) is 0. The molecule has 30 heavy (non-hydrogen) atoms. The number of aryl methyl sites for hydroxylation is 1. The fraction of sp³-hybridized carbons (Fsp3) is 0.720. The highest BCUT2D eigenvalue weighted by Crippen LogP contribution is 2.32. The molecule has 0 unspecified atom stereocenters. The molecule has 1 N–H and O–H groups in total. The molecule has 0 radical (unpaired) electrons. The van der Waals surface area contributed by atoms with Crippen LogP contribution in [0.5, 0.6) is 0 Å². The van der Waals surface area contributed by atoms with Crippen LogP contribution < -0.4 is 5.32 Å². The molecule has 3 fully saturated rings. The molecular formula is C25H37N3O2. The molecule has 0 atom stereocenters. The molecule has 3 aliphatic rings. The number of hydrogen-bond donors (Lipinski definition) is 1. The van der Waals surface area contributed by atoms with Crippen molar-refractivity contribution in [2.24, 2.45) is 11.8 Å². The summed E-state index contributed by atoms with van der Waals surface area (Å²) in [5.41, 5.74) is 2.62. The van der Waals surface area contributed by atoms with Crippen LogP contribution in [-0.2, 0) is 4.79 Å². The quantitative estimate of drug-likeness (QED) is 0.770. The molecule has 2 heterocycles. The lowest BCUT2D eigenvalue weighted by atomic mass is 9.88. The van der Waals surface area contributed by atoms with E-state index in [0.717, 1.165) is 62.3 Å². The SMILES string of the molecule is Cc1ccc(C(=O)NCC2CCCCC2)c(C2CCN(C(=O)C3CCCC3)CC2)n1. The molecule has 1 aliphatic heterocycles. The normalized spacial score (nSPS) is 21.7. The number of nitrogens with one attached hydrogen (secondary N) is 1. The molecule has 4 rings (SSSR count). The number of hydrogen-bond acceptors (Lipinski definition) is 3. The Kier molecular flexibility index (Phi) is 7.06. The summed E-state index contributed by atoms with van der Waals surface area (Å²) in [6, 6.07) is 3.89. The number of pyridine rings is 1. The number of nitrogens with zero attached hydrogens (tertiary/aromatic N) is 2. The maximum atomic E-state index is 13.0. The summed E-state index contributed by atoms with van der Waals surface area (Å²) < 4.78 is 0. The van der Waals surface area contributed by atoms with Gasteiger partial charge in [-0.1, -0.05) is 32.1 Å². The van der Waals surface area contributed by atoms with E-state index in [9.17, 15) is 9.59 Å². The zero-order valence-corrected chi connectivity index (χ0v) is 18.5. The predicted molar refractivity (Wildman–Crippen MR) is 118 cm³/mol. The molecule has 0 bridgehead atoms. The van der Waals surface area contributed by atoms with Gasteiger partial charge in [0.1, 0.15) is 0 Å². The molecule has 1 saturated heterocycles. The second kappa shape index (κ2) is 9.93. The van der Waals surface area contributed by atoms with Gasteiger partial charge in [-0.3, -0.25) is 14.6 Å². The molecule has 5 heteroatoms. The van der Waals surface area contributed by atoms with Crippen molar-refractivity contribution < 1.29 is 9.59 Å². The molecule has 1 aromatic rings. The van der Waals surface area contributed by atoms with Crippen LogP contribution >= 0.6 is 0 Å². The molecule has 1 aromatic heterocycles. The maximum Gasteiger partial charge on any atom is 0.253 e. The van der Waals surface area contributed by atoms with Crippen molar-refractivity contribution in [1.29, 1.82) is 0 Å². The van der Waals surface area contributed by atoms with Crippen LogP contribution in [0.3, 0.4) is 0 Å². The lowest BCUT2D eigenvalue weighted by Crippen LogP contribution is -2.41. The highest BCUT2D eigenvalue weighted by molar-refractivity contribution is 5.95. The maximum absolute atomic E-state index is 13.0. The number of aromatic nitrogens is 1. The van der Waals surface area contributed by atoms with Gasteiger partial charge in [0.25, 0.3) is 5.91 Å². The molecule has 0 spiro atoms. The highest BCUT2D eigenvalue weighted by Gasteiger charge is 2.32. The zero-order valence-electron chi connectivity index (χ0n) is 18.5.